The molecule has 0 aromatic carbocycles. The van der Waals surface area contributed by atoms with Crippen LogP contribution in [0, 0.1) is 6.92 Å². The number of hydrazine groups is 1. The normalized spacial score (nSPS) is 12.5. The van der Waals surface area contributed by atoms with Crippen molar-refractivity contribution in [2.45, 2.75) is 26.4 Å². The Labute approximate surface area is 92.6 Å². The molecular weight excluding hydrogens is 214 g/mol. The first-order chi connectivity index (χ1) is 7.15. The largest absolute Gasteiger partial charge is 0.368 e. The number of hydrogen-bond donors (Lipinski definition) is 2. The molecule has 84 valence electrons. The molecule has 1 heterocycles. The Morgan fingerprint density at radius 2 is 2.53 bits per heavy atom. The van der Waals surface area contributed by atoms with Crippen LogP contribution in [0.3, 0.4) is 0 Å². The summed E-state index contributed by atoms with van der Waals surface area (Å²) in [6.07, 6.45) is 0.266. The molecule has 1 amide bonds. The summed E-state index contributed by atoms with van der Waals surface area (Å²) in [4.78, 5) is 16.3. The van der Waals surface area contributed by atoms with Crippen LogP contribution in [0.25, 0.3) is 0 Å². The molecule has 0 aliphatic carbocycles. The summed E-state index contributed by atoms with van der Waals surface area (Å²) in [7, 11) is 0. The summed E-state index contributed by atoms with van der Waals surface area (Å²) >= 11 is 1.60. The topological polar surface area (TPSA) is 77.2 Å². The van der Waals surface area contributed by atoms with Gasteiger partial charge in [0.1, 0.15) is 6.10 Å². The molecule has 1 aromatic rings. The summed E-state index contributed by atoms with van der Waals surface area (Å²) in [5, 5.41) is 0. The van der Waals surface area contributed by atoms with E-state index in [2.05, 4.69) is 4.98 Å². The average molecular weight is 229 g/mol. The van der Waals surface area contributed by atoms with E-state index in [-0.39, 0.29) is 5.91 Å². The summed E-state index contributed by atoms with van der Waals surface area (Å²) in [5.41, 5.74) is 4.88. The third-order valence-electron chi connectivity index (χ3n) is 2.05. The van der Waals surface area contributed by atoms with Crippen molar-refractivity contribution >= 4 is 17.2 Å². The molecule has 0 spiro atoms. The smallest absolute Gasteiger partial charge is 0.262 e. The van der Waals surface area contributed by atoms with Crippen LogP contribution in [0.2, 0.25) is 0 Å². The number of nitrogens with one attached hydrogen (secondary N) is 1. The Kier molecular flexibility index (Phi) is 4.67. The van der Waals surface area contributed by atoms with Gasteiger partial charge in [-0.1, -0.05) is 0 Å². The van der Waals surface area contributed by atoms with Crippen molar-refractivity contribution in [3.8, 4) is 0 Å². The fourth-order valence-corrected chi connectivity index (χ4v) is 1.85. The number of hydrogen-bond acceptors (Lipinski definition) is 5. The second-order valence-electron chi connectivity index (χ2n) is 3.13. The number of nitrogens with two attached hydrogens (primary N) is 1. The van der Waals surface area contributed by atoms with Gasteiger partial charge in [-0.3, -0.25) is 10.2 Å². The molecule has 15 heavy (non-hydrogen) atoms. The number of carbonyl (C=O) groups is 1. The number of thiazole rings is 1. The van der Waals surface area contributed by atoms with Crippen LogP contribution in [-0.2, 0) is 16.0 Å². The third-order valence-corrected chi connectivity index (χ3v) is 3.05. The molecule has 3 N–H and O–H groups in total. The highest BCUT2D eigenvalue weighted by atomic mass is 32.1. The van der Waals surface area contributed by atoms with Crippen LogP contribution >= 0.6 is 11.3 Å². The van der Waals surface area contributed by atoms with Gasteiger partial charge in [-0.2, -0.15) is 0 Å². The lowest BCUT2D eigenvalue weighted by atomic mass is 10.3. The summed E-state index contributed by atoms with van der Waals surface area (Å²) in [6.45, 7) is 4.13. The van der Waals surface area contributed by atoms with Gasteiger partial charge in [-0.05, 0) is 13.8 Å². The molecule has 0 saturated heterocycles. The SMILES string of the molecule is Cc1ncsc1CCOC(C)C(=O)NN. The molecule has 0 aliphatic heterocycles. The number of aryl methyl sites for hydroxylation is 1. The molecule has 0 bridgehead atoms. The molecule has 0 fully saturated rings. The molecule has 5 nitrogen and oxygen atoms in total. The predicted molar refractivity (Wildman–Crippen MR) is 58.3 cm³/mol. The van der Waals surface area contributed by atoms with Crippen molar-refractivity contribution in [1.29, 1.82) is 0 Å². The van der Waals surface area contributed by atoms with Crippen molar-refractivity contribution < 1.29 is 9.53 Å². The maximum Gasteiger partial charge on any atom is 0.262 e. The number of carbonyl (C=O) groups excluding carboxylic acids is 1. The fourth-order valence-electron chi connectivity index (χ4n) is 1.09. The Morgan fingerprint density at radius 1 is 1.80 bits per heavy atom. The van der Waals surface area contributed by atoms with Crippen LogP contribution < -0.4 is 11.3 Å². The maximum absolute atomic E-state index is 11.0. The highest BCUT2D eigenvalue weighted by Crippen LogP contribution is 2.12. The first kappa shape index (κ1) is 12.1. The van der Waals surface area contributed by atoms with E-state index in [1.165, 1.54) is 4.88 Å². The van der Waals surface area contributed by atoms with Crippen LogP contribution in [-0.4, -0.2) is 23.6 Å². The number of nitrogens with zero attached hydrogens (tertiary/aromatic N) is 1. The quantitative estimate of drug-likeness (QED) is 0.435. The molecule has 1 unspecified atom stereocenters. The lowest BCUT2D eigenvalue weighted by Crippen LogP contribution is -2.39. The second-order valence-corrected chi connectivity index (χ2v) is 4.07. The number of rotatable bonds is 5. The Bertz CT molecular complexity index is 327. The van der Waals surface area contributed by atoms with Gasteiger partial charge in [-0.15, -0.1) is 11.3 Å². The zero-order chi connectivity index (χ0) is 11.3. The molecule has 0 aliphatic rings. The van der Waals surface area contributed by atoms with E-state index in [0.717, 1.165) is 12.1 Å². The summed E-state index contributed by atoms with van der Waals surface area (Å²) in [5.74, 6) is 4.67. The van der Waals surface area contributed by atoms with Gasteiger partial charge in [0, 0.05) is 11.3 Å². The van der Waals surface area contributed by atoms with Gasteiger partial charge in [0.15, 0.2) is 0 Å². The average Bonchev–Trinajstić information content (AvgIpc) is 2.63. The van der Waals surface area contributed by atoms with Crippen LogP contribution in [0.15, 0.2) is 5.51 Å². The van der Waals surface area contributed by atoms with Crippen molar-refractivity contribution in [3.63, 3.8) is 0 Å². The minimum Gasteiger partial charge on any atom is -0.368 e. The first-order valence-corrected chi connectivity index (χ1v) is 5.54. The highest BCUT2D eigenvalue weighted by Gasteiger charge is 2.11. The lowest BCUT2D eigenvalue weighted by molar-refractivity contribution is -0.131. The Balaban J connectivity index is 2.28. The molecule has 1 atom stereocenters. The van der Waals surface area contributed by atoms with E-state index in [1.54, 1.807) is 23.8 Å². The monoisotopic (exact) mass is 229 g/mol. The van der Waals surface area contributed by atoms with Crippen molar-refractivity contribution in [3.05, 3.63) is 16.1 Å². The minimum atomic E-state index is -0.511. The standard InChI is InChI=1S/C9H15N3O2S/c1-6-8(15-5-11-6)3-4-14-7(2)9(13)12-10/h5,7H,3-4,10H2,1-2H3,(H,12,13). The molecule has 0 saturated carbocycles. The van der Waals surface area contributed by atoms with Gasteiger partial charge in [-0.25, -0.2) is 10.8 Å². The molecule has 1 aromatic heterocycles. The molecule has 6 heteroatoms. The summed E-state index contributed by atoms with van der Waals surface area (Å²) in [6, 6.07) is 0. The molecule has 0 radical (unpaired) electrons. The van der Waals surface area contributed by atoms with Crippen LogP contribution in [0.5, 0.6) is 0 Å². The first-order valence-electron chi connectivity index (χ1n) is 4.66. The zero-order valence-corrected chi connectivity index (χ0v) is 9.63. The lowest BCUT2D eigenvalue weighted by Gasteiger charge is -2.10. The fraction of sp³-hybridized carbons (Fsp3) is 0.556. The van der Waals surface area contributed by atoms with Gasteiger partial charge in [0.05, 0.1) is 17.8 Å². The van der Waals surface area contributed by atoms with Crippen molar-refractivity contribution in [2.75, 3.05) is 6.61 Å². The van der Waals surface area contributed by atoms with E-state index >= 15 is 0 Å². The Hall–Kier alpha value is -0.980. The minimum absolute atomic E-state index is 0.309. The van der Waals surface area contributed by atoms with E-state index in [1.807, 2.05) is 12.3 Å². The highest BCUT2D eigenvalue weighted by molar-refractivity contribution is 7.09. The van der Waals surface area contributed by atoms with Crippen LogP contribution in [0.4, 0.5) is 0 Å². The van der Waals surface area contributed by atoms with Gasteiger partial charge < -0.3 is 4.74 Å². The summed E-state index contributed by atoms with van der Waals surface area (Å²) < 4.78 is 5.31. The third kappa shape index (κ3) is 3.58. The van der Waals surface area contributed by atoms with Crippen LogP contribution in [0.1, 0.15) is 17.5 Å². The number of amides is 1. The van der Waals surface area contributed by atoms with Crippen molar-refractivity contribution in [2.24, 2.45) is 5.84 Å². The second kappa shape index (κ2) is 5.79. The van der Waals surface area contributed by atoms with E-state index in [9.17, 15) is 4.79 Å². The zero-order valence-electron chi connectivity index (χ0n) is 8.82. The Morgan fingerprint density at radius 3 is 3.07 bits per heavy atom. The van der Waals surface area contributed by atoms with Gasteiger partial charge in [0.25, 0.3) is 5.91 Å². The molecule has 1 rings (SSSR count). The van der Waals surface area contributed by atoms with Gasteiger partial charge >= 0.3 is 0 Å². The number of ether oxygens (including phenoxy) is 1. The maximum atomic E-state index is 11.0. The van der Waals surface area contributed by atoms with E-state index in [4.69, 9.17) is 10.6 Å². The predicted octanol–water partition coefficient (Wildman–Crippen LogP) is 0.389. The van der Waals surface area contributed by atoms with E-state index < -0.39 is 6.10 Å². The van der Waals surface area contributed by atoms with E-state index in [0.29, 0.717) is 6.61 Å². The van der Waals surface area contributed by atoms with Gasteiger partial charge in [0.2, 0.25) is 0 Å². The van der Waals surface area contributed by atoms with Crippen molar-refractivity contribution in [1.82, 2.24) is 10.4 Å². The molecular formula is C9H15N3O2S. The number of aromatic nitrogens is 1.